The normalized spacial score (nSPS) is 12.4. The number of carboxylic acids is 1. The van der Waals surface area contributed by atoms with E-state index >= 15 is 0 Å². The number of carbonyl (C=O) groups excluding carboxylic acids is 6. The number of carbonyl (C=O) groups is 7. The maximum absolute atomic E-state index is 13.6. The maximum Gasteiger partial charge on any atom is 0.330 e. The van der Waals surface area contributed by atoms with Crippen LogP contribution in [0.3, 0.4) is 0 Å². The van der Waals surface area contributed by atoms with Crippen LogP contribution >= 0.6 is 0 Å². The van der Waals surface area contributed by atoms with Gasteiger partial charge in [-0.1, -0.05) is 76.1 Å². The van der Waals surface area contributed by atoms with E-state index in [0.29, 0.717) is 24.0 Å². The van der Waals surface area contributed by atoms with Crippen molar-refractivity contribution in [3.63, 3.8) is 0 Å². The molecule has 49 heavy (non-hydrogen) atoms. The maximum atomic E-state index is 13.6. The van der Waals surface area contributed by atoms with E-state index in [1.54, 1.807) is 37.3 Å². The van der Waals surface area contributed by atoms with Crippen LogP contribution in [0.15, 0.2) is 54.6 Å². The third kappa shape index (κ3) is 14.6. The second-order valence-electron chi connectivity index (χ2n) is 11.5. The fourth-order valence-corrected chi connectivity index (χ4v) is 4.75. The zero-order valence-electron chi connectivity index (χ0n) is 28.3. The molecule has 0 aromatic heterocycles. The van der Waals surface area contributed by atoms with Crippen molar-refractivity contribution in [2.45, 2.75) is 83.8 Å². The van der Waals surface area contributed by atoms with Gasteiger partial charge < -0.3 is 37.0 Å². The third-order valence-electron chi connectivity index (χ3n) is 7.33. The topological polar surface area (TPSA) is 212 Å². The molecule has 5 amide bonds. The summed E-state index contributed by atoms with van der Waals surface area (Å²) in [6.45, 7) is 5.43. The third-order valence-corrected chi connectivity index (χ3v) is 7.33. The number of amides is 5. The fraction of sp³-hybridized carbons (Fsp3) is 0.457. The molecule has 14 heteroatoms. The number of anilines is 1. The van der Waals surface area contributed by atoms with E-state index in [4.69, 9.17) is 0 Å². The Morgan fingerprint density at radius 2 is 1.41 bits per heavy atom. The molecule has 2 rings (SSSR count). The van der Waals surface area contributed by atoms with Crippen LogP contribution < -0.4 is 31.9 Å². The molecule has 0 aliphatic rings. The molecule has 2 aromatic carbocycles. The van der Waals surface area contributed by atoms with Crippen LogP contribution in [0.25, 0.3) is 0 Å². The van der Waals surface area contributed by atoms with Gasteiger partial charge in [0.1, 0.15) is 6.04 Å². The summed E-state index contributed by atoms with van der Waals surface area (Å²) in [5.74, 6) is -5.93. The zero-order valence-corrected chi connectivity index (χ0v) is 28.3. The van der Waals surface area contributed by atoms with Gasteiger partial charge in [-0.2, -0.15) is 0 Å². The van der Waals surface area contributed by atoms with Crippen molar-refractivity contribution in [2.75, 3.05) is 25.0 Å². The first-order chi connectivity index (χ1) is 23.5. The molecule has 0 aliphatic heterocycles. The monoisotopic (exact) mass is 680 g/mol. The summed E-state index contributed by atoms with van der Waals surface area (Å²) >= 11 is 0. The van der Waals surface area contributed by atoms with Crippen LogP contribution in [0.5, 0.6) is 0 Å². The van der Waals surface area contributed by atoms with Gasteiger partial charge in [0, 0.05) is 25.1 Å². The molecule has 0 bridgehead atoms. The highest BCUT2D eigenvalue weighted by Crippen LogP contribution is 2.14. The first-order valence-electron chi connectivity index (χ1n) is 16.6. The van der Waals surface area contributed by atoms with Crippen molar-refractivity contribution in [1.82, 2.24) is 26.6 Å². The van der Waals surface area contributed by atoms with E-state index in [1.807, 2.05) is 26.0 Å². The molecule has 3 atom stereocenters. The number of hydrogen-bond donors (Lipinski definition) is 7. The van der Waals surface area contributed by atoms with Crippen molar-refractivity contribution in [2.24, 2.45) is 0 Å². The predicted octanol–water partition coefficient (Wildman–Crippen LogP) is 1.75. The largest absolute Gasteiger partial charge is 0.479 e. The second-order valence-corrected chi connectivity index (χ2v) is 11.5. The number of unbranched alkanes of at least 4 members (excludes halogenated alkanes) is 1. The van der Waals surface area contributed by atoms with Crippen LogP contribution in [0.2, 0.25) is 0 Å². The lowest BCUT2D eigenvalue weighted by Crippen LogP contribution is -2.55. The van der Waals surface area contributed by atoms with Crippen LogP contribution in [0.1, 0.15) is 76.5 Å². The van der Waals surface area contributed by atoms with Gasteiger partial charge in [-0.25, -0.2) is 4.79 Å². The molecule has 0 radical (unpaired) electrons. The van der Waals surface area contributed by atoms with Crippen molar-refractivity contribution >= 4 is 47.0 Å². The number of aliphatic carboxylic acids is 1. The van der Waals surface area contributed by atoms with E-state index in [0.717, 1.165) is 25.1 Å². The lowest BCUT2D eigenvalue weighted by atomic mass is 10.0. The second kappa shape index (κ2) is 21.6. The lowest BCUT2D eigenvalue weighted by Gasteiger charge is -2.23. The molecular weight excluding hydrogens is 632 g/mol. The Labute approximate surface area is 286 Å². The van der Waals surface area contributed by atoms with Crippen LogP contribution in [0, 0.1) is 0 Å². The van der Waals surface area contributed by atoms with Crippen molar-refractivity contribution in [3.05, 3.63) is 65.7 Å². The van der Waals surface area contributed by atoms with E-state index < -0.39 is 60.1 Å². The van der Waals surface area contributed by atoms with Gasteiger partial charge in [0.15, 0.2) is 6.04 Å². The van der Waals surface area contributed by atoms with Crippen LogP contribution in [-0.2, 0) is 40.0 Å². The standard InChI is InChI=1S/C35H48N6O8/c1-4-7-17-28(42)37-21-29(43)39-27(20-23-13-11-16-25(19-23)36-18-6-3)33(46)40-26(12-5-2)32(45)34(47)38-22-30(44)41-31(35(48)49)24-14-9-8-10-15-24/h8-11,13-16,19,26-27,31,36H,4-7,12,17-18,20-22H2,1-3H3,(H,37,42)(H,38,47)(H,39,43)(H,40,46)(H,41,44)(H,48,49). The minimum Gasteiger partial charge on any atom is -0.479 e. The van der Waals surface area contributed by atoms with E-state index in [1.165, 1.54) is 12.1 Å². The van der Waals surface area contributed by atoms with Crippen LogP contribution in [0.4, 0.5) is 5.69 Å². The van der Waals surface area contributed by atoms with E-state index in [2.05, 4.69) is 31.9 Å². The average molecular weight is 681 g/mol. The van der Waals surface area contributed by atoms with Crippen molar-refractivity contribution < 1.29 is 38.7 Å². The number of nitrogens with one attached hydrogen (secondary N) is 6. The molecule has 2 aromatic rings. The van der Waals surface area contributed by atoms with E-state index in [9.17, 15) is 38.7 Å². The first-order valence-corrected chi connectivity index (χ1v) is 16.6. The Kier molecular flexibility index (Phi) is 17.6. The zero-order chi connectivity index (χ0) is 36.2. The van der Waals surface area contributed by atoms with Crippen LogP contribution in [-0.4, -0.2) is 78.1 Å². The molecule has 0 saturated heterocycles. The molecule has 0 aliphatic carbocycles. The lowest BCUT2D eigenvalue weighted by molar-refractivity contribution is -0.142. The van der Waals surface area contributed by atoms with Gasteiger partial charge in [-0.15, -0.1) is 0 Å². The van der Waals surface area contributed by atoms with Gasteiger partial charge in [0.25, 0.3) is 5.91 Å². The predicted molar refractivity (Wildman–Crippen MR) is 183 cm³/mol. The quantitative estimate of drug-likeness (QED) is 0.0902. The Morgan fingerprint density at radius 1 is 0.714 bits per heavy atom. The highest BCUT2D eigenvalue weighted by Gasteiger charge is 2.30. The molecule has 14 nitrogen and oxygen atoms in total. The van der Waals surface area contributed by atoms with Gasteiger partial charge in [-0.05, 0) is 42.5 Å². The molecule has 0 heterocycles. The fourth-order valence-electron chi connectivity index (χ4n) is 4.75. The highest BCUT2D eigenvalue weighted by molar-refractivity contribution is 6.38. The molecule has 7 N–H and O–H groups in total. The Bertz CT molecular complexity index is 1430. The van der Waals surface area contributed by atoms with Crippen molar-refractivity contribution in [3.8, 4) is 0 Å². The number of Topliss-reactive ketones (excluding diaryl/α,β-unsaturated/α-hetero) is 1. The minimum atomic E-state index is -1.37. The molecule has 3 unspecified atom stereocenters. The first kappa shape index (κ1) is 39.9. The molecule has 0 saturated carbocycles. The van der Waals surface area contributed by atoms with Gasteiger partial charge >= 0.3 is 5.97 Å². The number of hydrogen-bond acceptors (Lipinski definition) is 8. The Morgan fingerprint density at radius 3 is 2.06 bits per heavy atom. The number of carboxylic acid groups (broad SMARTS) is 1. The summed E-state index contributed by atoms with van der Waals surface area (Å²) in [7, 11) is 0. The molecular formula is C35H48N6O8. The van der Waals surface area contributed by atoms with Gasteiger partial charge in [0.05, 0.1) is 19.1 Å². The Balaban J connectivity index is 2.13. The van der Waals surface area contributed by atoms with Gasteiger partial charge in [-0.3, -0.25) is 28.8 Å². The summed E-state index contributed by atoms with van der Waals surface area (Å²) in [5, 5.41) is 25.1. The van der Waals surface area contributed by atoms with Gasteiger partial charge in [0.2, 0.25) is 29.4 Å². The average Bonchev–Trinajstić information content (AvgIpc) is 3.09. The van der Waals surface area contributed by atoms with Crippen molar-refractivity contribution in [1.29, 1.82) is 0 Å². The number of ketones is 1. The number of benzene rings is 2. The summed E-state index contributed by atoms with van der Waals surface area (Å²) in [5.41, 5.74) is 1.86. The number of rotatable bonds is 22. The summed E-state index contributed by atoms with van der Waals surface area (Å²) < 4.78 is 0. The highest BCUT2D eigenvalue weighted by atomic mass is 16.4. The molecule has 0 fully saturated rings. The molecule has 0 spiro atoms. The summed E-state index contributed by atoms with van der Waals surface area (Å²) in [6, 6.07) is 11.5. The van der Waals surface area contributed by atoms with E-state index in [-0.39, 0.29) is 31.7 Å². The Hall–Kier alpha value is -5.27. The summed E-state index contributed by atoms with van der Waals surface area (Å²) in [4.78, 5) is 88.6. The SMILES string of the molecule is CCCCC(=O)NCC(=O)NC(Cc1cccc(NCCC)c1)C(=O)NC(CCC)C(=O)C(=O)NCC(=O)NC(C(=O)O)c1ccccc1. The molecule has 266 valence electrons. The minimum absolute atomic E-state index is 0.0502. The smallest absolute Gasteiger partial charge is 0.330 e. The summed E-state index contributed by atoms with van der Waals surface area (Å²) in [6.07, 6.45) is 3.20.